The van der Waals surface area contributed by atoms with Gasteiger partial charge in [0.25, 0.3) is 5.91 Å². The van der Waals surface area contributed by atoms with Crippen molar-refractivity contribution in [3.63, 3.8) is 0 Å². The van der Waals surface area contributed by atoms with E-state index in [0.717, 1.165) is 33.3 Å². The Bertz CT molecular complexity index is 1360. The van der Waals surface area contributed by atoms with E-state index in [0.29, 0.717) is 25.2 Å². The molecule has 1 aliphatic heterocycles. The highest BCUT2D eigenvalue weighted by Gasteiger charge is 2.35. The maximum Gasteiger partial charge on any atom is 0.270 e. The summed E-state index contributed by atoms with van der Waals surface area (Å²) < 4.78 is 5.36. The van der Waals surface area contributed by atoms with Crippen LogP contribution in [0.2, 0.25) is 0 Å². The van der Waals surface area contributed by atoms with Crippen molar-refractivity contribution in [3.8, 4) is 5.75 Å². The fourth-order valence-electron chi connectivity index (χ4n) is 4.81. The van der Waals surface area contributed by atoms with Crippen molar-refractivity contribution < 1.29 is 14.3 Å². The number of aryl methyl sites for hydroxylation is 1. The smallest absolute Gasteiger partial charge is 0.270 e. The molecule has 0 unspecified atom stereocenters. The standard InChI is InChI=1S/C29H29N3O3/c1-20-11-12-26-23(13-20)16-27(30-26)29(34)31-18-24(14-21-7-4-3-5-8-21)32(28(33)19-31)17-22-9-6-10-25(15-22)35-2/h3-13,15-16,24,30H,14,17-19H2,1-2H3/t24-/m0/s1. The van der Waals surface area contributed by atoms with E-state index in [-0.39, 0.29) is 24.4 Å². The van der Waals surface area contributed by atoms with Crippen molar-refractivity contribution in [1.29, 1.82) is 0 Å². The minimum atomic E-state index is -0.147. The number of hydrogen-bond donors (Lipinski definition) is 1. The van der Waals surface area contributed by atoms with Gasteiger partial charge in [0.05, 0.1) is 13.2 Å². The van der Waals surface area contributed by atoms with E-state index in [2.05, 4.69) is 23.2 Å². The van der Waals surface area contributed by atoms with E-state index in [1.54, 1.807) is 12.0 Å². The normalized spacial score (nSPS) is 16.1. The number of piperazine rings is 1. The Balaban J connectivity index is 1.41. The van der Waals surface area contributed by atoms with Gasteiger partial charge in [-0.3, -0.25) is 9.59 Å². The molecule has 35 heavy (non-hydrogen) atoms. The summed E-state index contributed by atoms with van der Waals surface area (Å²) in [5.74, 6) is 0.559. The van der Waals surface area contributed by atoms with Crippen molar-refractivity contribution in [2.45, 2.75) is 25.9 Å². The number of nitrogens with zero attached hydrogens (tertiary/aromatic N) is 2. The highest BCUT2D eigenvalue weighted by Crippen LogP contribution is 2.24. The van der Waals surface area contributed by atoms with Gasteiger partial charge in [-0.1, -0.05) is 54.1 Å². The lowest BCUT2D eigenvalue weighted by molar-refractivity contribution is -0.139. The van der Waals surface area contributed by atoms with Gasteiger partial charge in [-0.05, 0) is 54.8 Å². The predicted octanol–water partition coefficient (Wildman–Crippen LogP) is 4.58. The fourth-order valence-corrected chi connectivity index (χ4v) is 4.81. The van der Waals surface area contributed by atoms with Crippen LogP contribution in [-0.2, 0) is 17.8 Å². The second-order valence-corrected chi connectivity index (χ2v) is 9.18. The summed E-state index contributed by atoms with van der Waals surface area (Å²) in [5, 5.41) is 0.997. The molecule has 178 valence electrons. The van der Waals surface area contributed by atoms with E-state index >= 15 is 0 Å². The molecule has 1 saturated heterocycles. The molecule has 1 N–H and O–H groups in total. The summed E-state index contributed by atoms with van der Waals surface area (Å²) >= 11 is 0. The zero-order valence-electron chi connectivity index (χ0n) is 20.0. The number of carbonyl (C=O) groups excluding carboxylic acids is 2. The van der Waals surface area contributed by atoms with Gasteiger partial charge < -0.3 is 19.5 Å². The maximum atomic E-state index is 13.5. The third kappa shape index (κ3) is 4.92. The first-order valence-electron chi connectivity index (χ1n) is 11.8. The molecule has 0 bridgehead atoms. The quantitative estimate of drug-likeness (QED) is 0.451. The van der Waals surface area contributed by atoms with Gasteiger partial charge in [0.1, 0.15) is 18.0 Å². The topological polar surface area (TPSA) is 65.6 Å². The summed E-state index contributed by atoms with van der Waals surface area (Å²) in [6.45, 7) is 3.03. The van der Waals surface area contributed by atoms with Gasteiger partial charge in [-0.25, -0.2) is 0 Å². The summed E-state index contributed by atoms with van der Waals surface area (Å²) in [6.07, 6.45) is 0.673. The molecule has 6 heteroatoms. The van der Waals surface area contributed by atoms with Crippen molar-refractivity contribution in [2.75, 3.05) is 20.2 Å². The minimum Gasteiger partial charge on any atom is -0.497 e. The zero-order valence-corrected chi connectivity index (χ0v) is 20.0. The van der Waals surface area contributed by atoms with E-state index in [1.165, 1.54) is 0 Å². The molecule has 0 aliphatic carbocycles. The van der Waals surface area contributed by atoms with E-state index in [1.807, 2.05) is 72.5 Å². The molecule has 2 heterocycles. The number of nitrogens with one attached hydrogen (secondary N) is 1. The molecular weight excluding hydrogens is 438 g/mol. The SMILES string of the molecule is COc1cccc(CN2C(=O)CN(C(=O)c3cc4cc(C)ccc4[nH]3)C[C@@H]2Cc2ccccc2)c1. The van der Waals surface area contributed by atoms with Crippen LogP contribution in [0.5, 0.6) is 5.75 Å². The average Bonchev–Trinajstić information content (AvgIpc) is 3.29. The number of methoxy groups -OCH3 is 1. The number of aromatic nitrogens is 1. The average molecular weight is 468 g/mol. The Labute approximate surface area is 205 Å². The van der Waals surface area contributed by atoms with Crippen molar-refractivity contribution in [1.82, 2.24) is 14.8 Å². The second kappa shape index (κ2) is 9.66. The van der Waals surface area contributed by atoms with Gasteiger partial charge in [0.15, 0.2) is 0 Å². The minimum absolute atomic E-state index is 0.0553. The summed E-state index contributed by atoms with van der Waals surface area (Å²) in [7, 11) is 1.64. The molecule has 1 fully saturated rings. The highest BCUT2D eigenvalue weighted by atomic mass is 16.5. The van der Waals surface area contributed by atoms with Gasteiger partial charge in [-0.15, -0.1) is 0 Å². The third-order valence-electron chi connectivity index (χ3n) is 6.61. The first kappa shape index (κ1) is 22.7. The number of carbonyl (C=O) groups is 2. The number of ether oxygens (including phenoxy) is 1. The Kier molecular flexibility index (Phi) is 6.27. The fraction of sp³-hybridized carbons (Fsp3) is 0.241. The maximum absolute atomic E-state index is 13.5. The second-order valence-electron chi connectivity index (χ2n) is 9.18. The van der Waals surface area contributed by atoms with Crippen LogP contribution in [0.3, 0.4) is 0 Å². The number of hydrogen-bond acceptors (Lipinski definition) is 3. The van der Waals surface area contributed by atoms with Gasteiger partial charge >= 0.3 is 0 Å². The highest BCUT2D eigenvalue weighted by molar-refractivity contribution is 6.00. The van der Waals surface area contributed by atoms with Crippen molar-refractivity contribution in [3.05, 3.63) is 101 Å². The van der Waals surface area contributed by atoms with Crippen LogP contribution in [0.15, 0.2) is 78.9 Å². The molecule has 1 aliphatic rings. The van der Waals surface area contributed by atoms with E-state index in [4.69, 9.17) is 4.74 Å². The molecule has 0 saturated carbocycles. The molecule has 2 amide bonds. The molecule has 6 nitrogen and oxygen atoms in total. The van der Waals surface area contributed by atoms with Crippen LogP contribution in [0.4, 0.5) is 0 Å². The summed E-state index contributed by atoms with van der Waals surface area (Å²) in [6, 6.07) is 25.7. The van der Waals surface area contributed by atoms with Crippen LogP contribution in [-0.4, -0.2) is 52.8 Å². The first-order chi connectivity index (χ1) is 17.0. The van der Waals surface area contributed by atoms with Gasteiger partial charge in [0.2, 0.25) is 5.91 Å². The molecule has 3 aromatic carbocycles. The third-order valence-corrected chi connectivity index (χ3v) is 6.61. The van der Waals surface area contributed by atoms with E-state index < -0.39 is 0 Å². The van der Waals surface area contributed by atoms with Crippen LogP contribution >= 0.6 is 0 Å². The number of rotatable bonds is 6. The predicted molar refractivity (Wildman–Crippen MR) is 136 cm³/mol. The molecule has 5 rings (SSSR count). The summed E-state index contributed by atoms with van der Waals surface area (Å²) in [4.78, 5) is 33.7. The Morgan fingerprint density at radius 1 is 1.00 bits per heavy atom. The lowest BCUT2D eigenvalue weighted by Gasteiger charge is -2.41. The molecular formula is C29H29N3O3. The number of amides is 2. The Morgan fingerprint density at radius 2 is 1.80 bits per heavy atom. The number of benzene rings is 3. The van der Waals surface area contributed by atoms with Crippen LogP contribution < -0.4 is 4.74 Å². The largest absolute Gasteiger partial charge is 0.497 e. The van der Waals surface area contributed by atoms with Crippen LogP contribution in [0.1, 0.15) is 27.2 Å². The van der Waals surface area contributed by atoms with E-state index in [9.17, 15) is 9.59 Å². The van der Waals surface area contributed by atoms with Crippen molar-refractivity contribution in [2.24, 2.45) is 0 Å². The molecule has 4 aromatic rings. The lowest BCUT2D eigenvalue weighted by Crippen LogP contribution is -2.58. The van der Waals surface area contributed by atoms with Gasteiger partial charge in [0, 0.05) is 24.0 Å². The zero-order chi connectivity index (χ0) is 24.4. The molecule has 1 atom stereocenters. The number of aromatic amines is 1. The monoisotopic (exact) mass is 467 g/mol. The van der Waals surface area contributed by atoms with Crippen LogP contribution in [0.25, 0.3) is 10.9 Å². The van der Waals surface area contributed by atoms with Crippen LogP contribution in [0, 0.1) is 6.92 Å². The van der Waals surface area contributed by atoms with Gasteiger partial charge in [-0.2, -0.15) is 0 Å². The molecule has 0 spiro atoms. The summed E-state index contributed by atoms with van der Waals surface area (Å²) in [5.41, 5.74) is 4.71. The lowest BCUT2D eigenvalue weighted by atomic mass is 10.0. The first-order valence-corrected chi connectivity index (χ1v) is 11.8. The molecule has 0 radical (unpaired) electrons. The Morgan fingerprint density at radius 3 is 2.60 bits per heavy atom. The molecule has 1 aromatic heterocycles. The Hall–Kier alpha value is -4.06. The van der Waals surface area contributed by atoms with Crippen molar-refractivity contribution >= 4 is 22.7 Å². The number of H-pyrrole nitrogens is 1. The number of fused-ring (bicyclic) bond motifs is 1.